The van der Waals surface area contributed by atoms with Crippen LogP contribution in [0.3, 0.4) is 0 Å². The number of hydrogen-bond acceptors (Lipinski definition) is 7. The third-order valence-electron chi connectivity index (χ3n) is 5.11. The Morgan fingerprint density at radius 3 is 2.10 bits per heavy atom. The lowest BCUT2D eigenvalue weighted by Gasteiger charge is -2.32. The van der Waals surface area contributed by atoms with Crippen LogP contribution >= 0.6 is 0 Å². The van der Waals surface area contributed by atoms with Crippen molar-refractivity contribution in [2.75, 3.05) is 11.4 Å². The van der Waals surface area contributed by atoms with E-state index in [0.717, 1.165) is 0 Å². The summed E-state index contributed by atoms with van der Waals surface area (Å²) >= 11 is 0. The highest BCUT2D eigenvalue weighted by atomic mass is 16.7. The molecule has 1 aromatic heterocycles. The number of carbonyl (C=O) groups is 2. The van der Waals surface area contributed by atoms with Crippen LogP contribution < -0.4 is 15.7 Å². The van der Waals surface area contributed by atoms with Gasteiger partial charge in [-0.05, 0) is 62.3 Å². The topological polar surface area (TPSA) is 103 Å². The summed E-state index contributed by atoms with van der Waals surface area (Å²) in [6.07, 6.45) is 2.52. The molecule has 1 fully saturated rings. The smallest absolute Gasteiger partial charge is 0.444 e. The van der Waals surface area contributed by atoms with Crippen LogP contribution in [0.25, 0.3) is 0 Å². The Hall–Kier alpha value is -2.20. The Morgan fingerprint density at radius 2 is 1.67 bits per heavy atom. The molecular weight excluding hydrogens is 387 g/mol. The van der Waals surface area contributed by atoms with Crippen LogP contribution in [0, 0.1) is 0 Å². The molecule has 30 heavy (non-hydrogen) atoms. The number of nitrogens with zero attached hydrogens (tertiary/aromatic N) is 3. The van der Waals surface area contributed by atoms with Crippen molar-refractivity contribution < 1.29 is 23.6 Å². The minimum absolute atomic E-state index is 0.237. The highest BCUT2D eigenvalue weighted by Crippen LogP contribution is 2.36. The molecule has 2 amide bonds. The van der Waals surface area contributed by atoms with E-state index in [1.54, 1.807) is 40.1 Å². The van der Waals surface area contributed by atoms with Crippen LogP contribution in [-0.4, -0.2) is 58.5 Å². The first-order chi connectivity index (χ1) is 13.7. The SMILES string of the molecule is CCN(C(=O)[C@H](C)NC(=O)OC(C)(C)C)c1ncc(B2OC(C)(C)C(C)(C)O2)cn1. The van der Waals surface area contributed by atoms with Crippen molar-refractivity contribution in [3.63, 3.8) is 0 Å². The van der Waals surface area contributed by atoms with Crippen molar-refractivity contribution in [1.82, 2.24) is 15.3 Å². The van der Waals surface area contributed by atoms with Gasteiger partial charge in [0.1, 0.15) is 11.6 Å². The highest BCUT2D eigenvalue weighted by Gasteiger charge is 2.52. The number of aromatic nitrogens is 2. The maximum atomic E-state index is 12.8. The number of amides is 2. The highest BCUT2D eigenvalue weighted by molar-refractivity contribution is 6.61. The molecule has 1 atom stereocenters. The van der Waals surface area contributed by atoms with E-state index in [4.69, 9.17) is 14.0 Å². The van der Waals surface area contributed by atoms with Gasteiger partial charge in [-0.1, -0.05) is 0 Å². The number of likely N-dealkylation sites (N-methyl/N-ethyl adjacent to an activating group) is 1. The molecule has 0 aliphatic carbocycles. The van der Waals surface area contributed by atoms with Crippen LogP contribution in [0.15, 0.2) is 12.4 Å². The van der Waals surface area contributed by atoms with Crippen LogP contribution in [0.5, 0.6) is 0 Å². The van der Waals surface area contributed by atoms with Crippen molar-refractivity contribution in [2.45, 2.75) is 85.2 Å². The van der Waals surface area contributed by atoms with Crippen molar-refractivity contribution in [3.05, 3.63) is 12.4 Å². The maximum absolute atomic E-state index is 12.8. The second-order valence-electron chi connectivity index (χ2n) is 9.36. The predicted molar refractivity (Wildman–Crippen MR) is 115 cm³/mol. The molecular formula is C20H33BN4O5. The van der Waals surface area contributed by atoms with Crippen LogP contribution in [0.2, 0.25) is 0 Å². The molecule has 0 bridgehead atoms. The standard InChI is InChI=1S/C20H33BN4O5/c1-10-25(15(26)13(2)24-17(27)28-18(3,4)5)16-22-11-14(12-23-16)21-29-19(6,7)20(8,9)30-21/h11-13H,10H2,1-9H3,(H,24,27)/t13-/m0/s1. The largest absolute Gasteiger partial charge is 0.498 e. The van der Waals surface area contributed by atoms with E-state index in [-0.39, 0.29) is 11.9 Å². The zero-order chi connectivity index (χ0) is 22.9. The zero-order valence-electron chi connectivity index (χ0n) is 19.4. The van der Waals surface area contributed by atoms with Crippen molar-refractivity contribution in [3.8, 4) is 0 Å². The van der Waals surface area contributed by atoms with Crippen molar-refractivity contribution in [2.24, 2.45) is 0 Å². The van der Waals surface area contributed by atoms with E-state index in [1.807, 2.05) is 34.6 Å². The van der Waals surface area contributed by atoms with Gasteiger partial charge in [0.2, 0.25) is 5.95 Å². The molecule has 9 nitrogen and oxygen atoms in total. The minimum atomic E-state index is -0.800. The van der Waals surface area contributed by atoms with Crippen LogP contribution in [-0.2, 0) is 18.8 Å². The predicted octanol–water partition coefficient (Wildman–Crippen LogP) is 2.04. The van der Waals surface area contributed by atoms with Gasteiger partial charge in [0.25, 0.3) is 5.91 Å². The lowest BCUT2D eigenvalue weighted by molar-refractivity contribution is -0.120. The summed E-state index contributed by atoms with van der Waals surface area (Å²) in [5.41, 5.74) is -0.917. The molecule has 10 heteroatoms. The van der Waals surface area contributed by atoms with Crippen LogP contribution in [0.1, 0.15) is 62.3 Å². The second-order valence-corrected chi connectivity index (χ2v) is 9.36. The first kappa shape index (κ1) is 24.1. The summed E-state index contributed by atoms with van der Waals surface area (Å²) in [7, 11) is -0.581. The molecule has 0 aromatic carbocycles. The molecule has 0 unspecified atom stereocenters. The fraction of sp³-hybridized carbons (Fsp3) is 0.700. The maximum Gasteiger partial charge on any atom is 0.498 e. The molecule has 166 valence electrons. The van der Waals surface area contributed by atoms with E-state index >= 15 is 0 Å². The number of hydrogen-bond donors (Lipinski definition) is 1. The summed E-state index contributed by atoms with van der Waals surface area (Å²) in [6.45, 7) is 16.9. The lowest BCUT2D eigenvalue weighted by atomic mass is 9.81. The number of ether oxygens (including phenoxy) is 1. The van der Waals surface area contributed by atoms with E-state index in [2.05, 4.69) is 15.3 Å². The van der Waals surface area contributed by atoms with Gasteiger partial charge in [0.05, 0.1) is 11.2 Å². The first-order valence-electron chi connectivity index (χ1n) is 10.2. The third-order valence-corrected chi connectivity index (χ3v) is 5.11. The average Bonchev–Trinajstić information content (AvgIpc) is 2.82. The normalized spacial score (nSPS) is 18.6. The van der Waals surface area contributed by atoms with E-state index in [0.29, 0.717) is 12.0 Å². The summed E-state index contributed by atoms with van der Waals surface area (Å²) in [6, 6.07) is -0.800. The van der Waals surface area contributed by atoms with Crippen molar-refractivity contribution in [1.29, 1.82) is 0 Å². The molecule has 1 aliphatic heterocycles. The van der Waals surface area contributed by atoms with Crippen LogP contribution in [0.4, 0.5) is 10.7 Å². The number of alkyl carbamates (subject to hydrolysis) is 1. The van der Waals surface area contributed by atoms with Gasteiger partial charge in [0, 0.05) is 24.4 Å². The molecule has 0 spiro atoms. The quantitative estimate of drug-likeness (QED) is 0.728. The summed E-state index contributed by atoms with van der Waals surface area (Å²) in [5, 5.41) is 2.55. The Kier molecular flexibility index (Phi) is 6.83. The second kappa shape index (κ2) is 8.51. The number of carbonyl (C=O) groups excluding carboxylic acids is 2. The Labute approximate surface area is 179 Å². The molecule has 2 heterocycles. The summed E-state index contributed by atoms with van der Waals surface area (Å²) in [4.78, 5) is 34.8. The molecule has 1 N–H and O–H groups in total. The van der Waals surface area contributed by atoms with Gasteiger partial charge < -0.3 is 19.4 Å². The molecule has 2 rings (SSSR count). The monoisotopic (exact) mass is 420 g/mol. The molecule has 1 aliphatic rings. The summed E-state index contributed by atoms with van der Waals surface area (Å²) < 4.78 is 17.2. The van der Waals surface area contributed by atoms with Gasteiger partial charge in [-0.3, -0.25) is 9.69 Å². The van der Waals surface area contributed by atoms with Gasteiger partial charge in [-0.15, -0.1) is 0 Å². The fourth-order valence-electron chi connectivity index (χ4n) is 2.75. The first-order valence-corrected chi connectivity index (χ1v) is 10.2. The Balaban J connectivity index is 2.08. The molecule has 0 radical (unpaired) electrons. The van der Waals surface area contributed by atoms with Gasteiger partial charge in [-0.25, -0.2) is 14.8 Å². The van der Waals surface area contributed by atoms with E-state index in [1.165, 1.54) is 4.90 Å². The average molecular weight is 420 g/mol. The van der Waals surface area contributed by atoms with Gasteiger partial charge in [0.15, 0.2) is 0 Å². The van der Waals surface area contributed by atoms with Gasteiger partial charge >= 0.3 is 13.2 Å². The third kappa shape index (κ3) is 5.48. The summed E-state index contributed by atoms with van der Waals surface area (Å²) in [5.74, 6) is -0.104. The molecule has 1 aromatic rings. The zero-order valence-corrected chi connectivity index (χ0v) is 19.4. The molecule has 1 saturated heterocycles. The lowest BCUT2D eigenvalue weighted by Crippen LogP contribution is -2.49. The van der Waals surface area contributed by atoms with E-state index in [9.17, 15) is 9.59 Å². The van der Waals surface area contributed by atoms with Gasteiger partial charge in [-0.2, -0.15) is 0 Å². The van der Waals surface area contributed by atoms with Crippen molar-refractivity contribution >= 4 is 30.5 Å². The number of nitrogens with one attached hydrogen (secondary N) is 1. The number of anilines is 1. The fourth-order valence-corrected chi connectivity index (χ4v) is 2.75. The molecule has 0 saturated carbocycles. The minimum Gasteiger partial charge on any atom is -0.444 e. The Morgan fingerprint density at radius 1 is 1.17 bits per heavy atom. The number of rotatable bonds is 5. The van der Waals surface area contributed by atoms with E-state index < -0.39 is 36.1 Å². The Bertz CT molecular complexity index is 760.